The smallest absolute Gasteiger partial charge is 0.295 e. The van der Waals surface area contributed by atoms with Gasteiger partial charge in [-0.25, -0.2) is 0 Å². The quantitative estimate of drug-likeness (QED) is 0.667. The molecule has 1 atom stereocenters. The zero-order valence-electron chi connectivity index (χ0n) is 9.51. The summed E-state index contributed by atoms with van der Waals surface area (Å²) in [6.07, 6.45) is -0.597. The molecule has 6 nitrogen and oxygen atoms in total. The molecule has 0 radical (unpaired) electrons. The first-order valence-corrected chi connectivity index (χ1v) is 5.26. The number of rotatable bonds is 5. The van der Waals surface area contributed by atoms with Crippen LogP contribution >= 0.6 is 0 Å². The summed E-state index contributed by atoms with van der Waals surface area (Å²) in [6.45, 7) is 0.580. The lowest BCUT2D eigenvalue weighted by Crippen LogP contribution is -2.24. The Morgan fingerprint density at radius 1 is 1.59 bits per heavy atom. The fourth-order valence-corrected chi connectivity index (χ4v) is 1.47. The fraction of sp³-hybridized carbons (Fsp3) is 0.364. The van der Waals surface area contributed by atoms with Crippen LogP contribution in [0.3, 0.4) is 0 Å². The van der Waals surface area contributed by atoms with Gasteiger partial charge < -0.3 is 25.3 Å². The number of nitrogens with one attached hydrogen (secondary N) is 1. The van der Waals surface area contributed by atoms with E-state index >= 15 is 0 Å². The molecule has 1 aromatic heterocycles. The second kappa shape index (κ2) is 5.03. The third-order valence-electron chi connectivity index (χ3n) is 2.26. The highest BCUT2D eigenvalue weighted by Gasteiger charge is 2.08. The number of aliphatic hydroxyl groups excluding tert-OH is 1. The van der Waals surface area contributed by atoms with Crippen molar-refractivity contribution in [2.45, 2.75) is 6.10 Å². The summed E-state index contributed by atoms with van der Waals surface area (Å²) in [6, 6.07) is 5.61. The number of hydrogen-bond acceptors (Lipinski definition) is 6. The van der Waals surface area contributed by atoms with Crippen LogP contribution < -0.4 is 11.1 Å². The number of nitrogen functional groups attached to an aromatic ring is 1. The fourth-order valence-electron chi connectivity index (χ4n) is 1.47. The maximum absolute atomic E-state index is 9.45. The number of aliphatic hydroxyl groups is 1. The molecule has 6 heteroatoms. The van der Waals surface area contributed by atoms with Gasteiger partial charge in [0.2, 0.25) is 0 Å². The lowest BCUT2D eigenvalue weighted by Gasteiger charge is -2.08. The van der Waals surface area contributed by atoms with Crippen LogP contribution in [0.1, 0.15) is 0 Å². The molecule has 0 fully saturated rings. The Morgan fingerprint density at radius 2 is 2.41 bits per heavy atom. The van der Waals surface area contributed by atoms with E-state index in [1.54, 1.807) is 18.2 Å². The number of benzene rings is 1. The molecule has 1 heterocycles. The molecule has 0 saturated carbocycles. The van der Waals surface area contributed by atoms with Crippen molar-refractivity contribution in [2.75, 3.05) is 31.3 Å². The predicted octanol–water partition coefficient (Wildman–Crippen LogP) is 0.829. The van der Waals surface area contributed by atoms with E-state index in [2.05, 4.69) is 10.3 Å². The van der Waals surface area contributed by atoms with E-state index in [1.807, 2.05) is 0 Å². The Hall–Kier alpha value is -1.79. The number of nitrogens with zero attached hydrogens (tertiary/aromatic N) is 1. The maximum Gasteiger partial charge on any atom is 0.295 e. The lowest BCUT2D eigenvalue weighted by atomic mass is 10.3. The molecule has 1 aromatic carbocycles. The van der Waals surface area contributed by atoms with Crippen molar-refractivity contribution < 1.29 is 14.3 Å². The van der Waals surface area contributed by atoms with Gasteiger partial charge in [-0.2, -0.15) is 4.98 Å². The Kier molecular flexibility index (Phi) is 3.46. The topological polar surface area (TPSA) is 93.5 Å². The molecule has 0 aliphatic heterocycles. The van der Waals surface area contributed by atoms with Gasteiger partial charge in [0.25, 0.3) is 6.01 Å². The highest BCUT2D eigenvalue weighted by Crippen LogP contribution is 2.20. The molecule has 2 rings (SSSR count). The number of nitrogens with two attached hydrogens (primary N) is 1. The summed E-state index contributed by atoms with van der Waals surface area (Å²) in [7, 11) is 1.53. The van der Waals surface area contributed by atoms with E-state index in [9.17, 15) is 5.11 Å². The minimum absolute atomic E-state index is 0.264. The van der Waals surface area contributed by atoms with Crippen molar-refractivity contribution in [1.82, 2.24) is 4.98 Å². The summed E-state index contributed by atoms with van der Waals surface area (Å²) in [5.74, 6) is 0. The third-order valence-corrected chi connectivity index (χ3v) is 2.26. The van der Waals surface area contributed by atoms with Crippen LogP contribution in [-0.4, -0.2) is 36.5 Å². The molecule has 0 bridgehead atoms. The number of fused-ring (bicyclic) bond motifs is 1. The van der Waals surface area contributed by atoms with Gasteiger partial charge in [0.15, 0.2) is 5.58 Å². The van der Waals surface area contributed by atoms with Crippen LogP contribution in [0.5, 0.6) is 0 Å². The molecule has 0 amide bonds. The van der Waals surface area contributed by atoms with E-state index < -0.39 is 6.10 Å². The summed E-state index contributed by atoms with van der Waals surface area (Å²) < 4.78 is 10.2. The zero-order valence-corrected chi connectivity index (χ0v) is 9.51. The van der Waals surface area contributed by atoms with E-state index in [1.165, 1.54) is 7.11 Å². The van der Waals surface area contributed by atoms with Crippen LogP contribution in [-0.2, 0) is 4.74 Å². The molecular weight excluding hydrogens is 222 g/mol. The van der Waals surface area contributed by atoms with Crippen molar-refractivity contribution in [3.63, 3.8) is 0 Å². The van der Waals surface area contributed by atoms with E-state index in [0.29, 0.717) is 23.8 Å². The van der Waals surface area contributed by atoms with Crippen molar-refractivity contribution in [2.24, 2.45) is 0 Å². The van der Waals surface area contributed by atoms with Crippen LogP contribution in [0.2, 0.25) is 0 Å². The second-order valence-corrected chi connectivity index (χ2v) is 3.74. The number of ether oxygens (including phenoxy) is 1. The first-order valence-electron chi connectivity index (χ1n) is 5.26. The minimum Gasteiger partial charge on any atom is -0.423 e. The molecule has 0 aliphatic carbocycles. The maximum atomic E-state index is 9.45. The number of anilines is 2. The van der Waals surface area contributed by atoms with Crippen LogP contribution in [0.25, 0.3) is 11.1 Å². The summed E-state index contributed by atoms with van der Waals surface area (Å²) >= 11 is 0. The first-order chi connectivity index (χ1) is 8.19. The van der Waals surface area contributed by atoms with Crippen molar-refractivity contribution in [3.05, 3.63) is 18.2 Å². The van der Waals surface area contributed by atoms with Crippen molar-refractivity contribution >= 4 is 22.8 Å². The van der Waals surface area contributed by atoms with Gasteiger partial charge in [-0.15, -0.1) is 0 Å². The highest BCUT2D eigenvalue weighted by atomic mass is 16.5. The largest absolute Gasteiger partial charge is 0.423 e. The van der Waals surface area contributed by atoms with Crippen molar-refractivity contribution in [3.8, 4) is 0 Å². The number of methoxy groups -OCH3 is 1. The van der Waals surface area contributed by atoms with E-state index in [-0.39, 0.29) is 6.61 Å². The van der Waals surface area contributed by atoms with Crippen molar-refractivity contribution in [1.29, 1.82) is 0 Å². The van der Waals surface area contributed by atoms with Gasteiger partial charge >= 0.3 is 0 Å². The average Bonchev–Trinajstić information content (AvgIpc) is 2.68. The second-order valence-electron chi connectivity index (χ2n) is 3.74. The Morgan fingerprint density at radius 3 is 3.18 bits per heavy atom. The van der Waals surface area contributed by atoms with E-state index in [4.69, 9.17) is 14.9 Å². The minimum atomic E-state index is -0.597. The first kappa shape index (κ1) is 11.7. The molecular formula is C11H15N3O3. The molecule has 0 saturated heterocycles. The Balaban J connectivity index is 2.04. The molecule has 0 spiro atoms. The molecule has 17 heavy (non-hydrogen) atoms. The summed E-state index contributed by atoms with van der Waals surface area (Å²) in [5.41, 5.74) is 7.60. The molecule has 2 aromatic rings. The summed E-state index contributed by atoms with van der Waals surface area (Å²) in [5, 5.41) is 12.3. The SMILES string of the molecule is COCC(O)CNc1nc2ccc(N)cc2o1. The van der Waals surface area contributed by atoms with E-state index in [0.717, 1.165) is 5.52 Å². The third kappa shape index (κ3) is 2.86. The molecule has 92 valence electrons. The normalized spacial score (nSPS) is 12.8. The van der Waals surface area contributed by atoms with Gasteiger partial charge in [0, 0.05) is 25.4 Å². The number of oxazole rings is 1. The van der Waals surface area contributed by atoms with Crippen LogP contribution in [0.4, 0.5) is 11.7 Å². The number of hydrogen-bond donors (Lipinski definition) is 3. The monoisotopic (exact) mass is 237 g/mol. The molecule has 4 N–H and O–H groups in total. The Labute approximate surface area is 98.4 Å². The number of aromatic nitrogens is 1. The van der Waals surface area contributed by atoms with Gasteiger partial charge in [-0.1, -0.05) is 0 Å². The van der Waals surface area contributed by atoms with Gasteiger partial charge in [0.05, 0.1) is 12.7 Å². The average molecular weight is 237 g/mol. The Bertz CT molecular complexity index is 498. The lowest BCUT2D eigenvalue weighted by molar-refractivity contribution is 0.0724. The van der Waals surface area contributed by atoms with Gasteiger partial charge in [-0.05, 0) is 12.1 Å². The van der Waals surface area contributed by atoms with Gasteiger partial charge in [-0.3, -0.25) is 0 Å². The highest BCUT2D eigenvalue weighted by molar-refractivity contribution is 5.78. The van der Waals surface area contributed by atoms with Crippen LogP contribution in [0, 0.1) is 0 Å². The predicted molar refractivity (Wildman–Crippen MR) is 64.8 cm³/mol. The molecule has 1 unspecified atom stereocenters. The molecule has 0 aliphatic rings. The van der Waals surface area contributed by atoms with Gasteiger partial charge in [0.1, 0.15) is 5.52 Å². The van der Waals surface area contributed by atoms with Crippen LogP contribution in [0.15, 0.2) is 22.6 Å². The summed E-state index contributed by atoms with van der Waals surface area (Å²) in [4.78, 5) is 4.20. The zero-order chi connectivity index (χ0) is 12.3. The standard InChI is InChI=1S/C11H15N3O3/c1-16-6-8(15)5-13-11-14-9-3-2-7(12)4-10(9)17-11/h2-4,8,15H,5-6,12H2,1H3,(H,13,14).